The van der Waals surface area contributed by atoms with Gasteiger partial charge in [-0.2, -0.15) is 0 Å². The highest BCUT2D eigenvalue weighted by Crippen LogP contribution is 2.29. The molecule has 2 rings (SSSR count). The fraction of sp³-hybridized carbons (Fsp3) is 1.00. The first-order chi connectivity index (χ1) is 9.24. The summed E-state index contributed by atoms with van der Waals surface area (Å²) >= 11 is 0. The summed E-state index contributed by atoms with van der Waals surface area (Å²) < 4.78 is 0. The third-order valence-corrected chi connectivity index (χ3v) is 5.04. The van der Waals surface area contributed by atoms with Crippen molar-refractivity contribution in [3.05, 3.63) is 0 Å². The van der Waals surface area contributed by atoms with Gasteiger partial charge in [-0.3, -0.25) is 0 Å². The molecule has 0 aliphatic carbocycles. The number of hydrogen-bond acceptors (Lipinski definition) is 3. The monoisotopic (exact) mass is 267 g/mol. The zero-order valence-electron chi connectivity index (χ0n) is 13.2. The summed E-state index contributed by atoms with van der Waals surface area (Å²) in [5, 5.41) is 3.66. The van der Waals surface area contributed by atoms with Gasteiger partial charge in [0.2, 0.25) is 0 Å². The van der Waals surface area contributed by atoms with E-state index < -0.39 is 0 Å². The van der Waals surface area contributed by atoms with Crippen LogP contribution in [0.15, 0.2) is 0 Å². The van der Waals surface area contributed by atoms with E-state index in [4.69, 9.17) is 0 Å². The molecular weight excluding hydrogens is 234 g/mol. The predicted octanol–water partition coefficient (Wildman–Crippen LogP) is 2.18. The van der Waals surface area contributed by atoms with Gasteiger partial charge in [-0.25, -0.2) is 0 Å². The second-order valence-corrected chi connectivity index (χ2v) is 6.54. The lowest BCUT2D eigenvalue weighted by Crippen LogP contribution is -2.54. The van der Waals surface area contributed by atoms with Gasteiger partial charge in [-0.15, -0.1) is 0 Å². The summed E-state index contributed by atoms with van der Waals surface area (Å²) in [5.41, 5.74) is 0. The molecule has 0 aromatic heterocycles. The van der Waals surface area contributed by atoms with E-state index in [1.54, 1.807) is 0 Å². The van der Waals surface area contributed by atoms with Crippen LogP contribution in [0.5, 0.6) is 0 Å². The molecule has 3 unspecified atom stereocenters. The van der Waals surface area contributed by atoms with Gasteiger partial charge in [-0.1, -0.05) is 20.3 Å². The largest absolute Gasteiger partial charge is 0.313 e. The molecule has 0 spiro atoms. The van der Waals surface area contributed by atoms with Crippen LogP contribution in [-0.4, -0.2) is 61.7 Å². The smallest absolute Gasteiger partial charge is 0.0194 e. The number of likely N-dealkylation sites (N-methyl/N-ethyl adjacent to an activating group) is 1. The Kier molecular flexibility index (Phi) is 6.11. The molecule has 0 bridgehead atoms. The number of nitrogens with zero attached hydrogens (tertiary/aromatic N) is 2. The Labute approximate surface area is 119 Å². The molecule has 2 saturated heterocycles. The van der Waals surface area contributed by atoms with Crippen LogP contribution in [0, 0.1) is 5.92 Å². The van der Waals surface area contributed by atoms with Gasteiger partial charge in [-0.05, 0) is 58.3 Å². The normalized spacial score (nSPS) is 31.1. The van der Waals surface area contributed by atoms with E-state index in [1.165, 1.54) is 58.3 Å². The van der Waals surface area contributed by atoms with E-state index in [0.717, 1.165) is 18.5 Å². The molecule has 3 heteroatoms. The van der Waals surface area contributed by atoms with Crippen molar-refractivity contribution in [2.24, 2.45) is 5.92 Å². The van der Waals surface area contributed by atoms with Crippen LogP contribution in [0.1, 0.15) is 46.0 Å². The third-order valence-electron chi connectivity index (χ3n) is 5.04. The van der Waals surface area contributed by atoms with Crippen molar-refractivity contribution in [1.29, 1.82) is 0 Å². The van der Waals surface area contributed by atoms with Gasteiger partial charge < -0.3 is 15.1 Å². The summed E-state index contributed by atoms with van der Waals surface area (Å²) in [6, 6.07) is 1.57. The molecular formula is C16H33N3. The van der Waals surface area contributed by atoms with E-state index >= 15 is 0 Å². The van der Waals surface area contributed by atoms with Gasteiger partial charge in [0.05, 0.1) is 0 Å². The molecule has 0 radical (unpaired) electrons. The SMILES string of the molecule is CCCC(CN1CCC2C(CCCN2C)C1)NCC. The second kappa shape index (κ2) is 7.61. The molecule has 2 fully saturated rings. The van der Waals surface area contributed by atoms with E-state index in [0.29, 0.717) is 6.04 Å². The number of likely N-dealkylation sites (tertiary alicyclic amines) is 2. The molecule has 112 valence electrons. The molecule has 3 atom stereocenters. The highest BCUT2D eigenvalue weighted by molar-refractivity contribution is 4.90. The first-order valence-electron chi connectivity index (χ1n) is 8.40. The molecule has 1 N–H and O–H groups in total. The average Bonchev–Trinajstić information content (AvgIpc) is 2.39. The van der Waals surface area contributed by atoms with Crippen molar-refractivity contribution < 1.29 is 0 Å². The van der Waals surface area contributed by atoms with Crippen LogP contribution in [-0.2, 0) is 0 Å². The maximum absolute atomic E-state index is 3.66. The molecule has 0 amide bonds. The fourth-order valence-corrected chi connectivity index (χ4v) is 4.10. The van der Waals surface area contributed by atoms with Crippen LogP contribution in [0.2, 0.25) is 0 Å². The predicted molar refractivity (Wildman–Crippen MR) is 82.6 cm³/mol. The Morgan fingerprint density at radius 1 is 1.21 bits per heavy atom. The number of nitrogens with one attached hydrogen (secondary N) is 1. The Morgan fingerprint density at radius 3 is 2.79 bits per heavy atom. The van der Waals surface area contributed by atoms with Gasteiger partial charge >= 0.3 is 0 Å². The van der Waals surface area contributed by atoms with Crippen LogP contribution >= 0.6 is 0 Å². The van der Waals surface area contributed by atoms with Crippen molar-refractivity contribution >= 4 is 0 Å². The van der Waals surface area contributed by atoms with Crippen molar-refractivity contribution in [2.75, 3.05) is 39.8 Å². The summed E-state index contributed by atoms with van der Waals surface area (Å²) in [6.45, 7) is 10.8. The maximum atomic E-state index is 3.66. The quantitative estimate of drug-likeness (QED) is 0.796. The third kappa shape index (κ3) is 4.17. The minimum Gasteiger partial charge on any atom is -0.313 e. The first kappa shape index (κ1) is 15.3. The summed E-state index contributed by atoms with van der Waals surface area (Å²) in [7, 11) is 2.32. The minimum absolute atomic E-state index is 0.702. The van der Waals surface area contributed by atoms with E-state index in [-0.39, 0.29) is 0 Å². The summed E-state index contributed by atoms with van der Waals surface area (Å²) in [6.07, 6.45) is 6.84. The Hall–Kier alpha value is -0.120. The Morgan fingerprint density at radius 2 is 2.05 bits per heavy atom. The average molecular weight is 267 g/mol. The number of piperidine rings is 2. The highest BCUT2D eigenvalue weighted by Gasteiger charge is 2.34. The van der Waals surface area contributed by atoms with Crippen LogP contribution < -0.4 is 5.32 Å². The molecule has 3 nitrogen and oxygen atoms in total. The van der Waals surface area contributed by atoms with Crippen molar-refractivity contribution in [3.8, 4) is 0 Å². The molecule has 0 aromatic carbocycles. The number of rotatable bonds is 6. The Balaban J connectivity index is 1.82. The van der Waals surface area contributed by atoms with E-state index in [9.17, 15) is 0 Å². The first-order valence-corrected chi connectivity index (χ1v) is 8.40. The van der Waals surface area contributed by atoms with E-state index in [2.05, 4.69) is 36.0 Å². The molecule has 0 saturated carbocycles. The standard InChI is InChI=1S/C16H33N3/c1-4-7-15(17-5-2)13-19-11-9-16-14(12-19)8-6-10-18(16)3/h14-17H,4-13H2,1-3H3. The van der Waals surface area contributed by atoms with E-state index in [1.807, 2.05) is 0 Å². The van der Waals surface area contributed by atoms with Crippen molar-refractivity contribution in [2.45, 2.75) is 58.0 Å². The van der Waals surface area contributed by atoms with Crippen LogP contribution in [0.3, 0.4) is 0 Å². The topological polar surface area (TPSA) is 18.5 Å². The van der Waals surface area contributed by atoms with Gasteiger partial charge in [0.15, 0.2) is 0 Å². The molecule has 2 aliphatic heterocycles. The number of hydrogen-bond donors (Lipinski definition) is 1. The summed E-state index contributed by atoms with van der Waals surface area (Å²) in [5.74, 6) is 0.927. The van der Waals surface area contributed by atoms with Crippen molar-refractivity contribution in [3.63, 3.8) is 0 Å². The fourth-order valence-electron chi connectivity index (χ4n) is 4.10. The van der Waals surface area contributed by atoms with Gasteiger partial charge in [0, 0.05) is 25.2 Å². The Bertz CT molecular complexity index is 248. The maximum Gasteiger partial charge on any atom is 0.0194 e. The second-order valence-electron chi connectivity index (χ2n) is 6.54. The highest BCUT2D eigenvalue weighted by atomic mass is 15.2. The number of fused-ring (bicyclic) bond motifs is 1. The molecule has 2 aliphatic rings. The lowest BCUT2D eigenvalue weighted by Gasteiger charge is -2.46. The van der Waals surface area contributed by atoms with Gasteiger partial charge in [0.1, 0.15) is 0 Å². The van der Waals surface area contributed by atoms with Crippen LogP contribution in [0.25, 0.3) is 0 Å². The zero-order chi connectivity index (χ0) is 13.7. The molecule has 0 aromatic rings. The van der Waals surface area contributed by atoms with Crippen molar-refractivity contribution in [1.82, 2.24) is 15.1 Å². The minimum atomic E-state index is 0.702. The zero-order valence-corrected chi connectivity index (χ0v) is 13.2. The van der Waals surface area contributed by atoms with Crippen LogP contribution in [0.4, 0.5) is 0 Å². The molecule has 2 heterocycles. The van der Waals surface area contributed by atoms with Gasteiger partial charge in [0.25, 0.3) is 0 Å². The summed E-state index contributed by atoms with van der Waals surface area (Å²) in [4.78, 5) is 5.34. The molecule has 19 heavy (non-hydrogen) atoms. The lowest BCUT2D eigenvalue weighted by molar-refractivity contribution is 0.0346. The lowest BCUT2D eigenvalue weighted by atomic mass is 9.84.